The minimum atomic E-state index is -0.299. The molecule has 1 N–H and O–H groups in total. The van der Waals surface area contributed by atoms with E-state index in [-0.39, 0.29) is 37.1 Å². The average Bonchev–Trinajstić information content (AvgIpc) is 3.35. The lowest BCUT2D eigenvalue weighted by Crippen LogP contribution is -2.31. The van der Waals surface area contributed by atoms with Crippen LogP contribution in [-0.4, -0.2) is 38.7 Å². The number of methoxy groups -OCH3 is 2. The largest absolute Gasteiger partial charge is 0.493 e. The summed E-state index contributed by atoms with van der Waals surface area (Å²) in [5.41, 5.74) is 3.63. The van der Waals surface area contributed by atoms with Gasteiger partial charge in [0.2, 0.25) is 6.79 Å². The number of carbonyl (C=O) groups excluding carboxylic acids is 1. The molecule has 7 heteroatoms. The molecule has 0 unspecified atom stereocenters. The molecule has 5 rings (SSSR count). The Balaban J connectivity index is 1.71. The van der Waals surface area contributed by atoms with Gasteiger partial charge in [-0.1, -0.05) is 0 Å². The Labute approximate surface area is 168 Å². The molecule has 1 fully saturated rings. The number of benzene rings is 2. The van der Waals surface area contributed by atoms with Crippen LogP contribution in [0, 0.1) is 11.8 Å². The fourth-order valence-corrected chi connectivity index (χ4v) is 4.87. The number of fused-ring (bicyclic) bond motifs is 3. The predicted octanol–water partition coefficient (Wildman–Crippen LogP) is 2.40. The van der Waals surface area contributed by atoms with Crippen LogP contribution < -0.4 is 18.9 Å². The van der Waals surface area contributed by atoms with Crippen molar-refractivity contribution in [1.82, 2.24) is 0 Å². The molecule has 2 aromatic rings. The number of ether oxygens (including phenoxy) is 5. The highest BCUT2D eigenvalue weighted by molar-refractivity contribution is 5.78. The van der Waals surface area contributed by atoms with E-state index in [9.17, 15) is 9.90 Å². The first-order valence-electron chi connectivity index (χ1n) is 9.59. The van der Waals surface area contributed by atoms with E-state index in [2.05, 4.69) is 0 Å². The standard InChI is InChI=1S/C22H22O7/c1-25-18-6-12(4-13(8-23)21(18)26-2)19-15-7-17-16(28-10-29-17)5-11(15)3-14-9-27-22(24)20(14)19/h4-7,14,19-20,23H,3,8-10H2,1-2H3/t14-,19+,20-/m0/s1. The molecule has 2 heterocycles. The van der Waals surface area contributed by atoms with Gasteiger partial charge < -0.3 is 28.8 Å². The number of carbonyl (C=O) groups is 1. The van der Waals surface area contributed by atoms with Crippen LogP contribution in [0.5, 0.6) is 23.0 Å². The van der Waals surface area contributed by atoms with Gasteiger partial charge in [-0.05, 0) is 47.4 Å². The first-order valence-corrected chi connectivity index (χ1v) is 9.59. The summed E-state index contributed by atoms with van der Waals surface area (Å²) < 4.78 is 27.5. The molecule has 29 heavy (non-hydrogen) atoms. The van der Waals surface area contributed by atoms with Crippen LogP contribution in [0.2, 0.25) is 0 Å². The van der Waals surface area contributed by atoms with Crippen LogP contribution in [0.25, 0.3) is 0 Å². The highest BCUT2D eigenvalue weighted by Crippen LogP contribution is 2.51. The van der Waals surface area contributed by atoms with Crippen LogP contribution in [0.1, 0.15) is 28.2 Å². The minimum Gasteiger partial charge on any atom is -0.493 e. The lowest BCUT2D eigenvalue weighted by atomic mass is 9.67. The second kappa shape index (κ2) is 6.84. The Kier molecular flexibility index (Phi) is 4.28. The van der Waals surface area contributed by atoms with E-state index in [4.69, 9.17) is 23.7 Å². The van der Waals surface area contributed by atoms with E-state index in [1.54, 1.807) is 7.11 Å². The Morgan fingerprint density at radius 1 is 1.07 bits per heavy atom. The highest BCUT2D eigenvalue weighted by Gasteiger charge is 2.48. The normalized spacial score (nSPS) is 24.0. The van der Waals surface area contributed by atoms with Gasteiger partial charge in [-0.3, -0.25) is 4.79 Å². The van der Waals surface area contributed by atoms with Crippen molar-refractivity contribution < 1.29 is 33.6 Å². The topological polar surface area (TPSA) is 83.5 Å². The summed E-state index contributed by atoms with van der Waals surface area (Å²) in [5.74, 6) is 1.78. The van der Waals surface area contributed by atoms with Gasteiger partial charge >= 0.3 is 5.97 Å². The molecule has 0 saturated carbocycles. The quantitative estimate of drug-likeness (QED) is 0.792. The van der Waals surface area contributed by atoms with Crippen LogP contribution in [0.15, 0.2) is 24.3 Å². The molecule has 0 spiro atoms. The fraction of sp³-hybridized carbons (Fsp3) is 0.409. The molecule has 152 valence electrons. The summed E-state index contributed by atoms with van der Waals surface area (Å²) in [6.45, 7) is 0.406. The molecule has 3 atom stereocenters. The molecular weight excluding hydrogens is 376 g/mol. The summed E-state index contributed by atoms with van der Waals surface area (Å²) in [4.78, 5) is 12.7. The number of aliphatic hydroxyl groups excluding tert-OH is 1. The molecule has 3 aliphatic rings. The van der Waals surface area contributed by atoms with Gasteiger partial charge in [0, 0.05) is 17.4 Å². The summed E-state index contributed by atoms with van der Waals surface area (Å²) in [7, 11) is 3.10. The Morgan fingerprint density at radius 2 is 1.86 bits per heavy atom. The van der Waals surface area contributed by atoms with Crippen molar-refractivity contribution in [2.75, 3.05) is 27.6 Å². The van der Waals surface area contributed by atoms with Crippen LogP contribution in [-0.2, 0) is 22.6 Å². The zero-order valence-electron chi connectivity index (χ0n) is 16.3. The van der Waals surface area contributed by atoms with Gasteiger partial charge in [0.05, 0.1) is 33.4 Å². The van der Waals surface area contributed by atoms with Crippen molar-refractivity contribution in [3.63, 3.8) is 0 Å². The fourth-order valence-electron chi connectivity index (χ4n) is 4.87. The molecule has 1 saturated heterocycles. The van der Waals surface area contributed by atoms with Crippen molar-refractivity contribution in [2.45, 2.75) is 18.9 Å². The number of hydrogen-bond acceptors (Lipinski definition) is 7. The Morgan fingerprint density at radius 3 is 2.59 bits per heavy atom. The monoisotopic (exact) mass is 398 g/mol. The number of cyclic esters (lactones) is 1. The number of hydrogen-bond donors (Lipinski definition) is 1. The van der Waals surface area contributed by atoms with E-state index < -0.39 is 0 Å². The summed E-state index contributed by atoms with van der Waals surface area (Å²) in [6, 6.07) is 7.75. The molecule has 2 aliphatic heterocycles. The maximum Gasteiger partial charge on any atom is 0.310 e. The Hall–Kier alpha value is -2.93. The third-order valence-corrected chi connectivity index (χ3v) is 6.14. The molecular formula is C22H22O7. The van der Waals surface area contributed by atoms with Gasteiger partial charge in [0.25, 0.3) is 0 Å². The lowest BCUT2D eigenvalue weighted by Gasteiger charge is -2.34. The van der Waals surface area contributed by atoms with Crippen molar-refractivity contribution in [2.24, 2.45) is 11.8 Å². The minimum absolute atomic E-state index is 0.0889. The van der Waals surface area contributed by atoms with Crippen molar-refractivity contribution >= 4 is 5.97 Å². The second-order valence-electron chi connectivity index (χ2n) is 7.58. The second-order valence-corrected chi connectivity index (χ2v) is 7.58. The summed E-state index contributed by atoms with van der Waals surface area (Å²) in [6.07, 6.45) is 0.749. The third-order valence-electron chi connectivity index (χ3n) is 6.14. The van der Waals surface area contributed by atoms with Gasteiger partial charge in [-0.2, -0.15) is 0 Å². The maximum atomic E-state index is 12.7. The van der Waals surface area contributed by atoms with Gasteiger partial charge in [0.15, 0.2) is 23.0 Å². The van der Waals surface area contributed by atoms with E-state index in [1.807, 2.05) is 24.3 Å². The van der Waals surface area contributed by atoms with Crippen molar-refractivity contribution in [3.8, 4) is 23.0 Å². The molecule has 0 amide bonds. The zero-order chi connectivity index (χ0) is 20.1. The van der Waals surface area contributed by atoms with Gasteiger partial charge in [-0.25, -0.2) is 0 Å². The highest BCUT2D eigenvalue weighted by atomic mass is 16.7. The first kappa shape index (κ1) is 18.1. The average molecular weight is 398 g/mol. The molecule has 1 aliphatic carbocycles. The van der Waals surface area contributed by atoms with E-state index in [0.29, 0.717) is 29.4 Å². The molecule has 2 aromatic carbocycles. The van der Waals surface area contributed by atoms with Crippen LogP contribution >= 0.6 is 0 Å². The first-order chi connectivity index (χ1) is 14.1. The lowest BCUT2D eigenvalue weighted by molar-refractivity contribution is -0.141. The third kappa shape index (κ3) is 2.72. The van der Waals surface area contributed by atoms with Gasteiger partial charge in [-0.15, -0.1) is 0 Å². The summed E-state index contributed by atoms with van der Waals surface area (Å²) >= 11 is 0. The Bertz CT molecular complexity index is 958. The van der Waals surface area contributed by atoms with Gasteiger partial charge in [0.1, 0.15) is 0 Å². The number of rotatable bonds is 4. The molecule has 0 bridgehead atoms. The van der Waals surface area contributed by atoms with Crippen molar-refractivity contribution in [3.05, 3.63) is 46.5 Å². The molecule has 7 nitrogen and oxygen atoms in total. The van der Waals surface area contributed by atoms with Crippen LogP contribution in [0.4, 0.5) is 0 Å². The number of esters is 1. The molecule has 0 radical (unpaired) electrons. The molecule has 0 aromatic heterocycles. The SMILES string of the molecule is COc1cc([C@@H]2c3cc4c(cc3C[C@H]3COC(=O)[C@@H]32)OCO4)cc(CO)c1OC. The van der Waals surface area contributed by atoms with E-state index in [1.165, 1.54) is 7.11 Å². The summed E-state index contributed by atoms with van der Waals surface area (Å²) in [5, 5.41) is 9.89. The van der Waals surface area contributed by atoms with Crippen LogP contribution in [0.3, 0.4) is 0 Å². The number of aliphatic hydroxyl groups is 1. The van der Waals surface area contributed by atoms with Crippen molar-refractivity contribution in [1.29, 1.82) is 0 Å². The van der Waals surface area contributed by atoms with E-state index >= 15 is 0 Å². The smallest absolute Gasteiger partial charge is 0.310 e. The maximum absolute atomic E-state index is 12.7. The predicted molar refractivity (Wildman–Crippen MR) is 102 cm³/mol. The zero-order valence-corrected chi connectivity index (χ0v) is 16.3. The van der Waals surface area contributed by atoms with E-state index in [0.717, 1.165) is 28.9 Å².